The van der Waals surface area contributed by atoms with E-state index < -0.39 is 0 Å². The molecule has 0 rings (SSSR count). The molecule has 0 heterocycles. The lowest BCUT2D eigenvalue weighted by molar-refractivity contribution is -0.121. The Labute approximate surface area is 121 Å². The number of hydrogen-bond donors (Lipinski definition) is 2. The van der Waals surface area contributed by atoms with Crippen molar-refractivity contribution in [3.05, 3.63) is 0 Å². The van der Waals surface area contributed by atoms with Crippen LogP contribution in [-0.4, -0.2) is 79.4 Å². The molecule has 7 nitrogen and oxygen atoms in total. The van der Waals surface area contributed by atoms with Crippen LogP contribution in [0.25, 0.3) is 0 Å². The lowest BCUT2D eigenvalue weighted by atomic mass is 10.4. The Morgan fingerprint density at radius 1 is 0.750 bits per heavy atom. The molecule has 0 aromatic rings. The number of carbonyl (C=O) groups is 1. The van der Waals surface area contributed by atoms with E-state index in [1.54, 1.807) is 7.05 Å². The van der Waals surface area contributed by atoms with Crippen molar-refractivity contribution in [2.24, 2.45) is 0 Å². The molecule has 2 N–H and O–H groups in total. The van der Waals surface area contributed by atoms with Crippen molar-refractivity contribution in [2.75, 3.05) is 73.5 Å². The molecular weight excluding hydrogens is 264 g/mol. The molecule has 0 aliphatic heterocycles. The normalized spacial score (nSPS) is 10.7. The van der Waals surface area contributed by atoms with Crippen molar-refractivity contribution in [1.29, 1.82) is 0 Å². The largest absolute Gasteiger partial charge is 0.379 e. The second-order valence-corrected chi connectivity index (χ2v) is 3.98. The van der Waals surface area contributed by atoms with Crippen LogP contribution in [0.4, 0.5) is 0 Å². The Morgan fingerprint density at radius 2 is 1.20 bits per heavy atom. The molecule has 0 saturated heterocycles. The molecule has 120 valence electrons. The number of rotatable bonds is 15. The van der Waals surface area contributed by atoms with Gasteiger partial charge in [0.2, 0.25) is 5.91 Å². The fourth-order valence-corrected chi connectivity index (χ4v) is 1.23. The minimum absolute atomic E-state index is 0.0174. The maximum atomic E-state index is 10.9. The molecule has 0 spiro atoms. The molecule has 1 amide bonds. The third kappa shape index (κ3) is 15.3. The van der Waals surface area contributed by atoms with Gasteiger partial charge in [0.05, 0.1) is 52.9 Å². The molecule has 0 atom stereocenters. The number of carbonyl (C=O) groups excluding carboxylic acids is 1. The molecule has 0 aromatic heterocycles. The highest BCUT2D eigenvalue weighted by molar-refractivity contribution is 5.75. The predicted octanol–water partition coefficient (Wildman–Crippen LogP) is -0.592. The van der Waals surface area contributed by atoms with E-state index in [2.05, 4.69) is 10.6 Å². The van der Waals surface area contributed by atoms with Crippen LogP contribution in [-0.2, 0) is 23.7 Å². The standard InChI is InChI=1S/C13H28N2O5/c1-14-4-6-18-8-10-20-12-11-19-9-7-17-5-3-13(16)15-2/h14H,3-12H2,1-2H3,(H,15,16). The van der Waals surface area contributed by atoms with Gasteiger partial charge in [0, 0.05) is 20.0 Å². The summed E-state index contributed by atoms with van der Waals surface area (Å²) in [7, 11) is 3.50. The number of nitrogens with one attached hydrogen (secondary N) is 2. The lowest BCUT2D eigenvalue weighted by Crippen LogP contribution is -2.20. The van der Waals surface area contributed by atoms with Gasteiger partial charge in [-0.2, -0.15) is 0 Å². The molecule has 7 heteroatoms. The fraction of sp³-hybridized carbons (Fsp3) is 0.923. The Kier molecular flexibility index (Phi) is 15.7. The van der Waals surface area contributed by atoms with E-state index >= 15 is 0 Å². The van der Waals surface area contributed by atoms with E-state index in [0.717, 1.165) is 6.54 Å². The summed E-state index contributed by atoms with van der Waals surface area (Å²) in [6.07, 6.45) is 0.382. The van der Waals surface area contributed by atoms with Gasteiger partial charge in [0.25, 0.3) is 0 Å². The first kappa shape index (κ1) is 19.3. The van der Waals surface area contributed by atoms with Crippen LogP contribution in [0.3, 0.4) is 0 Å². The van der Waals surface area contributed by atoms with Crippen molar-refractivity contribution in [2.45, 2.75) is 6.42 Å². The Balaban J connectivity index is 2.97. The number of ether oxygens (including phenoxy) is 4. The Morgan fingerprint density at radius 3 is 1.65 bits per heavy atom. The van der Waals surface area contributed by atoms with Gasteiger partial charge in [-0.25, -0.2) is 0 Å². The molecule has 0 fully saturated rings. The molecular formula is C13H28N2O5. The van der Waals surface area contributed by atoms with Crippen LogP contribution in [0.5, 0.6) is 0 Å². The van der Waals surface area contributed by atoms with Crippen LogP contribution < -0.4 is 10.6 Å². The molecule has 0 aromatic carbocycles. The highest BCUT2D eigenvalue weighted by Crippen LogP contribution is 1.85. The van der Waals surface area contributed by atoms with Crippen molar-refractivity contribution in [3.63, 3.8) is 0 Å². The second kappa shape index (κ2) is 16.3. The maximum absolute atomic E-state index is 10.9. The Hall–Kier alpha value is -0.730. The summed E-state index contributed by atoms with van der Waals surface area (Å²) in [6, 6.07) is 0. The summed E-state index contributed by atoms with van der Waals surface area (Å²) in [5.74, 6) is -0.0174. The van der Waals surface area contributed by atoms with Crippen molar-refractivity contribution >= 4 is 5.91 Å². The van der Waals surface area contributed by atoms with Crippen molar-refractivity contribution < 1.29 is 23.7 Å². The minimum Gasteiger partial charge on any atom is -0.379 e. The smallest absolute Gasteiger partial charge is 0.222 e. The minimum atomic E-state index is -0.0174. The highest BCUT2D eigenvalue weighted by Gasteiger charge is 1.97. The van der Waals surface area contributed by atoms with Crippen molar-refractivity contribution in [1.82, 2.24) is 10.6 Å². The monoisotopic (exact) mass is 292 g/mol. The van der Waals surface area contributed by atoms with E-state index in [1.165, 1.54) is 0 Å². The topological polar surface area (TPSA) is 78.1 Å². The van der Waals surface area contributed by atoms with E-state index in [-0.39, 0.29) is 5.91 Å². The predicted molar refractivity (Wildman–Crippen MR) is 75.9 cm³/mol. The SMILES string of the molecule is CNCCOCCOCCOCCOCCC(=O)NC. The third-order valence-corrected chi connectivity index (χ3v) is 2.36. The van der Waals surface area contributed by atoms with Gasteiger partial charge in [-0.15, -0.1) is 0 Å². The summed E-state index contributed by atoms with van der Waals surface area (Å²) in [5, 5.41) is 5.53. The highest BCUT2D eigenvalue weighted by atomic mass is 16.6. The van der Waals surface area contributed by atoms with Gasteiger partial charge in [-0.3, -0.25) is 4.79 Å². The third-order valence-electron chi connectivity index (χ3n) is 2.36. The summed E-state index contributed by atoms with van der Waals surface area (Å²) in [6.45, 7) is 5.24. The molecule has 0 aliphatic carbocycles. The van der Waals surface area contributed by atoms with Crippen LogP contribution in [0.1, 0.15) is 6.42 Å². The molecule has 0 unspecified atom stereocenters. The summed E-state index contributed by atoms with van der Waals surface area (Å²) >= 11 is 0. The second-order valence-electron chi connectivity index (χ2n) is 3.98. The quantitative estimate of drug-likeness (QED) is 0.393. The van der Waals surface area contributed by atoms with Gasteiger partial charge in [0.15, 0.2) is 0 Å². The summed E-state index contributed by atoms with van der Waals surface area (Å²) in [4.78, 5) is 10.9. The first-order valence-corrected chi connectivity index (χ1v) is 6.97. The van der Waals surface area contributed by atoms with Crippen LogP contribution in [0, 0.1) is 0 Å². The number of likely N-dealkylation sites (N-methyl/N-ethyl adjacent to an activating group) is 1. The molecule has 0 bridgehead atoms. The van der Waals surface area contributed by atoms with Crippen LogP contribution in [0.15, 0.2) is 0 Å². The summed E-state index contributed by atoms with van der Waals surface area (Å²) < 4.78 is 21.2. The fourth-order valence-electron chi connectivity index (χ4n) is 1.23. The van der Waals surface area contributed by atoms with Crippen LogP contribution >= 0.6 is 0 Å². The van der Waals surface area contributed by atoms with Gasteiger partial charge in [-0.05, 0) is 7.05 Å². The van der Waals surface area contributed by atoms with E-state index in [9.17, 15) is 4.79 Å². The number of hydrogen-bond acceptors (Lipinski definition) is 6. The average Bonchev–Trinajstić information content (AvgIpc) is 2.47. The Bertz CT molecular complexity index is 217. The average molecular weight is 292 g/mol. The van der Waals surface area contributed by atoms with Gasteiger partial charge in [-0.1, -0.05) is 0 Å². The first-order valence-electron chi connectivity index (χ1n) is 6.97. The van der Waals surface area contributed by atoms with Gasteiger partial charge in [0.1, 0.15) is 0 Å². The maximum Gasteiger partial charge on any atom is 0.222 e. The molecule has 0 radical (unpaired) electrons. The molecule has 20 heavy (non-hydrogen) atoms. The zero-order chi connectivity index (χ0) is 14.9. The van der Waals surface area contributed by atoms with Crippen LogP contribution in [0.2, 0.25) is 0 Å². The number of amides is 1. The zero-order valence-corrected chi connectivity index (χ0v) is 12.6. The zero-order valence-electron chi connectivity index (χ0n) is 12.6. The van der Waals surface area contributed by atoms with E-state index in [4.69, 9.17) is 18.9 Å². The molecule has 0 aliphatic rings. The summed E-state index contributed by atoms with van der Waals surface area (Å²) in [5.41, 5.74) is 0. The van der Waals surface area contributed by atoms with Gasteiger partial charge >= 0.3 is 0 Å². The van der Waals surface area contributed by atoms with E-state index in [1.807, 2.05) is 7.05 Å². The lowest BCUT2D eigenvalue weighted by Gasteiger charge is -2.07. The first-order chi connectivity index (χ1) is 9.81. The molecule has 0 saturated carbocycles. The van der Waals surface area contributed by atoms with Crippen molar-refractivity contribution in [3.8, 4) is 0 Å². The van der Waals surface area contributed by atoms with E-state index in [0.29, 0.717) is 59.3 Å². The van der Waals surface area contributed by atoms with Gasteiger partial charge < -0.3 is 29.6 Å².